The summed E-state index contributed by atoms with van der Waals surface area (Å²) in [5.74, 6) is -2.36. The van der Waals surface area contributed by atoms with Crippen LogP contribution in [0.3, 0.4) is 0 Å². The van der Waals surface area contributed by atoms with E-state index in [4.69, 9.17) is 66.3 Å². The summed E-state index contributed by atoms with van der Waals surface area (Å²) in [6.45, 7) is 9.70. The summed E-state index contributed by atoms with van der Waals surface area (Å²) in [6.07, 6.45) is -52.9. The highest BCUT2D eigenvalue weighted by Crippen LogP contribution is 2.76. The molecule has 0 radical (unpaired) electrons. The van der Waals surface area contributed by atoms with E-state index in [1.807, 2.05) is 6.92 Å². The van der Waals surface area contributed by atoms with Crippen LogP contribution in [0.1, 0.15) is 107 Å². The normalized spacial score (nSPS) is 55.8. The molecule has 12 aliphatic rings. The van der Waals surface area contributed by atoms with Crippen molar-refractivity contribution < 1.29 is 178 Å². The number of esters is 1. The summed E-state index contributed by atoms with van der Waals surface area (Å²) in [5, 5.41) is 235. The Bertz CT molecular complexity index is 3010. The first kappa shape index (κ1) is 82.3. The molecule has 12 rings (SSSR count). The van der Waals surface area contributed by atoms with Crippen molar-refractivity contribution in [1.82, 2.24) is 0 Å². The maximum absolute atomic E-state index is 15.7. The van der Waals surface area contributed by atoms with Crippen molar-refractivity contribution in [1.29, 1.82) is 0 Å². The summed E-state index contributed by atoms with van der Waals surface area (Å²) >= 11 is 0. The molecule has 0 amide bonds. The van der Waals surface area contributed by atoms with Crippen molar-refractivity contribution in [3.05, 3.63) is 11.6 Å². The Labute approximate surface area is 605 Å². The molecule has 105 heavy (non-hydrogen) atoms. The molecular formula is C69H112O36. The largest absolute Gasteiger partial charge is 0.432 e. The van der Waals surface area contributed by atoms with Crippen molar-refractivity contribution in [2.24, 2.45) is 50.2 Å². The Morgan fingerprint density at radius 2 is 1.03 bits per heavy atom. The molecule has 36 nitrogen and oxygen atoms in total. The minimum atomic E-state index is -2.15. The molecule has 0 bridgehead atoms. The van der Waals surface area contributed by atoms with E-state index in [0.717, 1.165) is 5.57 Å². The van der Waals surface area contributed by atoms with Gasteiger partial charge in [-0.1, -0.05) is 53.2 Å². The van der Waals surface area contributed by atoms with Gasteiger partial charge in [0.25, 0.3) is 0 Å². The summed E-state index contributed by atoms with van der Waals surface area (Å²) < 4.78 is 84.0. The summed E-state index contributed by atoms with van der Waals surface area (Å²) in [4.78, 5) is 15.7. The summed E-state index contributed by atoms with van der Waals surface area (Å²) in [5.41, 5.74) is -6.81. The molecule has 7 aliphatic heterocycles. The third-order valence-electron chi connectivity index (χ3n) is 26.6. The number of aliphatic hydroxyl groups excluding tert-OH is 20. The maximum Gasteiger partial charge on any atom is 0.315 e. The number of allylic oxidation sites excluding steroid dienone is 2. The molecule has 0 aromatic heterocycles. The fraction of sp³-hybridized carbons (Fsp3) is 0.957. The van der Waals surface area contributed by atoms with Gasteiger partial charge in [-0.2, -0.15) is 0 Å². The monoisotopic (exact) mass is 1520 g/mol. The number of rotatable bonds is 18. The van der Waals surface area contributed by atoms with E-state index >= 15 is 4.79 Å². The Kier molecular flexibility index (Phi) is 24.0. The second kappa shape index (κ2) is 30.6. The van der Waals surface area contributed by atoms with Crippen molar-refractivity contribution in [3.63, 3.8) is 0 Å². The van der Waals surface area contributed by atoms with Crippen molar-refractivity contribution in [2.75, 3.05) is 46.2 Å². The molecule has 7 heterocycles. The molecule has 0 aromatic carbocycles. The molecule has 2 unspecified atom stereocenters. The molecule has 11 fully saturated rings. The minimum Gasteiger partial charge on any atom is -0.432 e. The van der Waals surface area contributed by atoms with Crippen LogP contribution in [-0.2, 0) is 71.1 Å². The fourth-order valence-corrected chi connectivity index (χ4v) is 20.3. The number of carbonyl (C=O) groups excluding carboxylic acids is 1. The molecule has 604 valence electrons. The van der Waals surface area contributed by atoms with Gasteiger partial charge in [-0.15, -0.1) is 0 Å². The predicted octanol–water partition coefficient (Wildman–Crippen LogP) is -7.67. The average Bonchev–Trinajstić information content (AvgIpc) is 1.11. The standard InChI is InChI=1S/C69H112O36/c1-25-36(78)41(83)44(86)56(95-25)99-47-34(19-71)98-59(51(45(47)87)101-55-43(85)38(80)31(76)20-92-55)100-48-37(79)26(2)96-57(46(48)88)102-49-39(81)32(77)21-93-58(49)105-62(90)68-13-11-63(3,4)15-28(68)27-9-10-35-64(5)16-30(75)54(65(6,22-72)52(64)29(74)17-67(35,8)66(27,7)12-14-68)104-60-50(42(84)40(82)33(18-70)97-60)103-61-53(89)69(91,23-73)24-94-61/h9,25-26,28-61,70-89,91H,10-24H2,1-8H3/t25-,26-,28?,29+,30-,31+,32-,33+,34+,35+,36-,37-,38-,39-,40+,41+,42-,43+,44+,45-,46+,47+,48+,49+,50+,51+,52?,53-,54-,55-,56-,57-,58-,59-,60-,61-,64+,65-,66+,67+,68-,69+/m0/s1. The van der Waals surface area contributed by atoms with Gasteiger partial charge in [-0.25, -0.2) is 0 Å². The van der Waals surface area contributed by atoms with Crippen LogP contribution >= 0.6 is 0 Å². The van der Waals surface area contributed by atoms with E-state index in [0.29, 0.717) is 32.1 Å². The lowest BCUT2D eigenvalue weighted by atomic mass is 9.33. The summed E-state index contributed by atoms with van der Waals surface area (Å²) in [6, 6.07) is 0. The average molecular weight is 1520 g/mol. The van der Waals surface area contributed by atoms with Gasteiger partial charge < -0.3 is 174 Å². The Balaban J connectivity index is 0.782. The van der Waals surface area contributed by atoms with Crippen LogP contribution in [0.5, 0.6) is 0 Å². The van der Waals surface area contributed by atoms with Crippen LogP contribution < -0.4 is 0 Å². The second-order valence-corrected chi connectivity index (χ2v) is 33.6. The van der Waals surface area contributed by atoms with E-state index in [-0.39, 0.29) is 30.6 Å². The van der Waals surface area contributed by atoms with E-state index in [9.17, 15) is 107 Å². The quantitative estimate of drug-likeness (QED) is 0.0344. The smallest absolute Gasteiger partial charge is 0.315 e. The van der Waals surface area contributed by atoms with Gasteiger partial charge >= 0.3 is 5.97 Å². The molecule has 36 heteroatoms. The van der Waals surface area contributed by atoms with Gasteiger partial charge in [0.2, 0.25) is 6.29 Å². The van der Waals surface area contributed by atoms with Gasteiger partial charge in [0.15, 0.2) is 43.8 Å². The minimum absolute atomic E-state index is 0.00843. The molecule has 7 saturated heterocycles. The number of hydrogen-bond donors (Lipinski definition) is 21. The lowest BCUT2D eigenvalue weighted by Crippen LogP contribution is -2.72. The van der Waals surface area contributed by atoms with Crippen LogP contribution in [0, 0.1) is 50.2 Å². The highest BCUT2D eigenvalue weighted by atomic mass is 16.8. The van der Waals surface area contributed by atoms with Crippen molar-refractivity contribution >= 4 is 5.97 Å². The predicted molar refractivity (Wildman–Crippen MR) is 344 cm³/mol. The van der Waals surface area contributed by atoms with Gasteiger partial charge in [0, 0.05) is 11.3 Å². The second-order valence-electron chi connectivity index (χ2n) is 33.6. The molecular weight excluding hydrogens is 1400 g/mol. The van der Waals surface area contributed by atoms with Crippen LogP contribution in [0.2, 0.25) is 0 Å². The molecule has 21 N–H and O–H groups in total. The zero-order valence-corrected chi connectivity index (χ0v) is 60.0. The number of carbonyl (C=O) groups is 1. The highest BCUT2D eigenvalue weighted by Gasteiger charge is 2.74. The van der Waals surface area contributed by atoms with E-state index in [1.165, 1.54) is 13.8 Å². The number of aliphatic hydroxyl groups is 21. The van der Waals surface area contributed by atoms with Gasteiger partial charge in [0.1, 0.15) is 128 Å². The summed E-state index contributed by atoms with van der Waals surface area (Å²) in [7, 11) is 0. The van der Waals surface area contributed by atoms with Gasteiger partial charge in [-0.3, -0.25) is 4.79 Å². The third-order valence-corrected chi connectivity index (χ3v) is 26.6. The van der Waals surface area contributed by atoms with Crippen molar-refractivity contribution in [3.8, 4) is 0 Å². The van der Waals surface area contributed by atoms with Crippen molar-refractivity contribution in [2.45, 2.75) is 315 Å². The first-order valence-electron chi connectivity index (χ1n) is 36.6. The Morgan fingerprint density at radius 1 is 0.476 bits per heavy atom. The van der Waals surface area contributed by atoms with Crippen LogP contribution in [0.4, 0.5) is 0 Å². The topological polar surface area (TPSA) is 571 Å². The van der Waals surface area contributed by atoms with Crippen LogP contribution in [-0.4, -0.2) is 368 Å². The first-order chi connectivity index (χ1) is 49.2. The van der Waals surface area contributed by atoms with E-state index in [2.05, 4.69) is 33.8 Å². The van der Waals surface area contributed by atoms with E-state index in [1.54, 1.807) is 6.92 Å². The Hall–Kier alpha value is -2.15. The molecule has 4 saturated carbocycles. The third kappa shape index (κ3) is 14.0. The van der Waals surface area contributed by atoms with Crippen LogP contribution in [0.25, 0.3) is 0 Å². The Morgan fingerprint density at radius 3 is 1.68 bits per heavy atom. The lowest BCUT2D eigenvalue weighted by Gasteiger charge is -2.72. The van der Waals surface area contributed by atoms with Gasteiger partial charge in [-0.05, 0) is 98.7 Å². The number of fused-ring (bicyclic) bond motifs is 7. The molecule has 5 aliphatic carbocycles. The zero-order valence-electron chi connectivity index (χ0n) is 60.0. The fourth-order valence-electron chi connectivity index (χ4n) is 20.3. The first-order valence-corrected chi connectivity index (χ1v) is 36.6. The molecule has 0 aromatic rings. The number of hydrogen-bond acceptors (Lipinski definition) is 36. The van der Waals surface area contributed by atoms with E-state index < -0.39 is 299 Å². The van der Waals surface area contributed by atoms with Gasteiger partial charge in [0.05, 0.1) is 82.2 Å². The SMILES string of the molecule is C[C@@H]1O[C@@H](O[C@H]2[C@H](O)[C@@H](O[C@@H]3OC[C@@H](O)[C@H](O)[C@H]3O)[C@H](O[C@@H]3[C@@H](O)[C@H](C)O[C@@H](O[C@H]4[C@H](OC(=O)[C@]56CCC(C)(C)CC5C5=CC[C@@H]7[C@@]8(C)C[C@H](O)[C@H](O[C@@H]9O[C@H](CO)[C@@H](O)[C@H](O)[C@H]9O[C@@H]9OC[C@](O)(CO)[C@H]9O)[C@@](C)(CO)C8[C@H](O)C[C@@]7(C)[C@]5(C)CC6)OC[C@H](O)[C@@H]4O)[C@@H]3O)O[C@@H]2CO)[C@H](O)[C@H](O)[C@H]1O. The molecule has 42 atom stereocenters. The van der Waals surface area contributed by atoms with Crippen LogP contribution in [0.15, 0.2) is 11.6 Å². The lowest BCUT2D eigenvalue weighted by molar-refractivity contribution is -0.401. The molecule has 0 spiro atoms. The maximum atomic E-state index is 15.7. The highest BCUT2D eigenvalue weighted by molar-refractivity contribution is 5.79. The zero-order chi connectivity index (χ0) is 76.7. The number of ether oxygens (including phenoxy) is 14.